The average molecular weight is 374 g/mol. The van der Waals surface area contributed by atoms with Gasteiger partial charge in [0.25, 0.3) is 5.91 Å². The minimum absolute atomic E-state index is 0.0173. The summed E-state index contributed by atoms with van der Waals surface area (Å²) in [6.07, 6.45) is 2.40. The molecule has 0 saturated carbocycles. The summed E-state index contributed by atoms with van der Waals surface area (Å²) < 4.78 is 27.7. The first-order valence-electron chi connectivity index (χ1n) is 8.41. The van der Waals surface area contributed by atoms with Gasteiger partial charge in [0, 0.05) is 43.1 Å². The van der Waals surface area contributed by atoms with Gasteiger partial charge >= 0.3 is 0 Å². The number of likely N-dealkylation sites (tertiary alicyclic amines) is 1. The lowest BCUT2D eigenvalue weighted by molar-refractivity contribution is 0.0790. The molecular formula is C18H22N4O3S. The number of nitrogens with one attached hydrogen (secondary N) is 1. The number of nitrogens with zero attached hydrogens (tertiary/aromatic N) is 2. The fourth-order valence-corrected chi connectivity index (χ4v) is 3.99. The highest BCUT2D eigenvalue weighted by Crippen LogP contribution is 2.17. The van der Waals surface area contributed by atoms with Crippen LogP contribution in [0, 0.1) is 6.92 Å². The Bertz CT molecular complexity index is 914. The number of pyridine rings is 1. The maximum absolute atomic E-state index is 12.6. The molecule has 138 valence electrons. The molecule has 0 aliphatic carbocycles. The van der Waals surface area contributed by atoms with Gasteiger partial charge in [0.05, 0.1) is 4.90 Å². The highest BCUT2D eigenvalue weighted by molar-refractivity contribution is 7.89. The summed E-state index contributed by atoms with van der Waals surface area (Å²) in [5, 5.41) is 0. The first-order valence-corrected chi connectivity index (χ1v) is 9.89. The second kappa shape index (κ2) is 7.53. The van der Waals surface area contributed by atoms with Gasteiger partial charge in [-0.15, -0.1) is 0 Å². The topological polar surface area (TPSA) is 105 Å². The van der Waals surface area contributed by atoms with Crippen molar-refractivity contribution < 1.29 is 13.2 Å². The largest absolute Gasteiger partial charge is 0.337 e. The number of aromatic nitrogens is 1. The minimum Gasteiger partial charge on any atom is -0.337 e. The smallest absolute Gasteiger partial charge is 0.253 e. The van der Waals surface area contributed by atoms with Gasteiger partial charge in [-0.1, -0.05) is 6.07 Å². The van der Waals surface area contributed by atoms with E-state index in [0.717, 1.165) is 17.7 Å². The van der Waals surface area contributed by atoms with Crippen molar-refractivity contribution in [2.75, 3.05) is 13.1 Å². The lowest BCUT2D eigenvalue weighted by atomic mass is 10.2. The van der Waals surface area contributed by atoms with E-state index in [-0.39, 0.29) is 23.4 Å². The zero-order valence-corrected chi connectivity index (χ0v) is 15.4. The number of hydrogen-bond acceptors (Lipinski definition) is 5. The van der Waals surface area contributed by atoms with Gasteiger partial charge in [-0.05, 0) is 49.2 Å². The minimum atomic E-state index is -3.73. The van der Waals surface area contributed by atoms with Crippen LogP contribution >= 0.6 is 0 Å². The van der Waals surface area contributed by atoms with E-state index in [9.17, 15) is 13.2 Å². The average Bonchev–Trinajstić information content (AvgIpc) is 3.06. The predicted octanol–water partition coefficient (Wildman–Crippen LogP) is 1.04. The van der Waals surface area contributed by atoms with E-state index in [4.69, 9.17) is 5.73 Å². The Morgan fingerprint density at radius 3 is 2.85 bits per heavy atom. The van der Waals surface area contributed by atoms with Crippen molar-refractivity contribution in [3.05, 3.63) is 59.4 Å². The van der Waals surface area contributed by atoms with Crippen molar-refractivity contribution in [1.29, 1.82) is 0 Å². The van der Waals surface area contributed by atoms with Crippen molar-refractivity contribution in [3.8, 4) is 0 Å². The van der Waals surface area contributed by atoms with Crippen LogP contribution in [0.4, 0.5) is 0 Å². The van der Waals surface area contributed by atoms with Crippen molar-refractivity contribution in [1.82, 2.24) is 14.6 Å². The van der Waals surface area contributed by atoms with Gasteiger partial charge in [-0.2, -0.15) is 0 Å². The molecule has 3 rings (SSSR count). The second-order valence-electron chi connectivity index (χ2n) is 6.46. The van der Waals surface area contributed by atoms with Crippen LogP contribution in [0.15, 0.2) is 47.5 Å². The third-order valence-electron chi connectivity index (χ3n) is 4.33. The van der Waals surface area contributed by atoms with Gasteiger partial charge in [-0.3, -0.25) is 9.78 Å². The fourth-order valence-electron chi connectivity index (χ4n) is 2.93. The summed E-state index contributed by atoms with van der Waals surface area (Å²) in [5.74, 6) is -0.195. The normalized spacial score (nSPS) is 17.5. The van der Waals surface area contributed by atoms with Gasteiger partial charge in [0.1, 0.15) is 0 Å². The highest BCUT2D eigenvalue weighted by atomic mass is 32.2. The molecule has 0 unspecified atom stereocenters. The quantitative estimate of drug-likeness (QED) is 0.814. The molecule has 1 aromatic carbocycles. The van der Waals surface area contributed by atoms with Crippen molar-refractivity contribution in [3.63, 3.8) is 0 Å². The van der Waals surface area contributed by atoms with Crippen LogP contribution in [-0.4, -0.2) is 43.3 Å². The van der Waals surface area contributed by atoms with Crippen LogP contribution < -0.4 is 10.5 Å². The Kier molecular flexibility index (Phi) is 5.36. The molecule has 1 aliphatic rings. The molecule has 1 aliphatic heterocycles. The summed E-state index contributed by atoms with van der Waals surface area (Å²) in [6.45, 7) is 3.09. The number of benzene rings is 1. The van der Waals surface area contributed by atoms with Crippen molar-refractivity contribution in [2.45, 2.75) is 30.8 Å². The maximum Gasteiger partial charge on any atom is 0.253 e. The van der Waals surface area contributed by atoms with Crippen molar-refractivity contribution >= 4 is 15.9 Å². The van der Waals surface area contributed by atoms with Gasteiger partial charge in [0.15, 0.2) is 0 Å². The number of amides is 1. The molecule has 3 N–H and O–H groups in total. The molecule has 1 saturated heterocycles. The van der Waals surface area contributed by atoms with Gasteiger partial charge < -0.3 is 10.6 Å². The molecule has 2 heterocycles. The molecule has 0 spiro atoms. The van der Waals surface area contributed by atoms with E-state index in [1.807, 2.05) is 13.0 Å². The lowest BCUT2D eigenvalue weighted by Gasteiger charge is -2.16. The fraction of sp³-hybridized carbons (Fsp3) is 0.333. The SMILES string of the molecule is Cc1cc(CNS(=O)(=O)c2cccc(C(=O)N3CC[C@H](N)C3)c2)ccn1. The summed E-state index contributed by atoms with van der Waals surface area (Å²) in [5.41, 5.74) is 7.83. The van der Waals surface area contributed by atoms with Crippen molar-refractivity contribution in [2.24, 2.45) is 5.73 Å². The zero-order valence-electron chi connectivity index (χ0n) is 14.6. The maximum atomic E-state index is 12.6. The number of hydrogen-bond donors (Lipinski definition) is 2. The number of sulfonamides is 1. The Morgan fingerprint density at radius 2 is 2.15 bits per heavy atom. The highest BCUT2D eigenvalue weighted by Gasteiger charge is 2.25. The van der Waals surface area contributed by atoms with E-state index in [0.29, 0.717) is 18.7 Å². The number of nitrogens with two attached hydrogens (primary N) is 1. The molecule has 1 atom stereocenters. The van der Waals surface area contributed by atoms with E-state index >= 15 is 0 Å². The molecular weight excluding hydrogens is 352 g/mol. The predicted molar refractivity (Wildman–Crippen MR) is 97.9 cm³/mol. The third kappa shape index (κ3) is 4.27. The molecule has 1 fully saturated rings. The number of carbonyl (C=O) groups is 1. The first-order chi connectivity index (χ1) is 12.3. The van der Waals surface area contributed by atoms with Crippen LogP contribution in [0.2, 0.25) is 0 Å². The molecule has 7 nitrogen and oxygen atoms in total. The molecule has 0 radical (unpaired) electrons. The lowest BCUT2D eigenvalue weighted by Crippen LogP contribution is -2.32. The summed E-state index contributed by atoms with van der Waals surface area (Å²) >= 11 is 0. The zero-order chi connectivity index (χ0) is 18.7. The van der Waals surface area contributed by atoms with Crippen LogP contribution in [0.5, 0.6) is 0 Å². The monoisotopic (exact) mass is 374 g/mol. The number of aryl methyl sites for hydroxylation is 1. The molecule has 1 aromatic heterocycles. The Balaban J connectivity index is 1.74. The van der Waals surface area contributed by atoms with Gasteiger partial charge in [0.2, 0.25) is 10.0 Å². The molecule has 1 amide bonds. The number of rotatable bonds is 5. The van der Waals surface area contributed by atoms with E-state index < -0.39 is 10.0 Å². The second-order valence-corrected chi connectivity index (χ2v) is 8.22. The van der Waals surface area contributed by atoms with Crippen LogP contribution in [-0.2, 0) is 16.6 Å². The Hall–Kier alpha value is -2.29. The Morgan fingerprint density at radius 1 is 1.35 bits per heavy atom. The molecule has 8 heteroatoms. The van der Waals surface area contributed by atoms with Crippen LogP contribution in [0.25, 0.3) is 0 Å². The number of carbonyl (C=O) groups excluding carboxylic acids is 1. The summed E-state index contributed by atoms with van der Waals surface area (Å²) in [4.78, 5) is 18.3. The third-order valence-corrected chi connectivity index (χ3v) is 5.73. The van der Waals surface area contributed by atoms with Gasteiger partial charge in [-0.25, -0.2) is 13.1 Å². The first kappa shape index (κ1) is 18.5. The summed E-state index contributed by atoms with van der Waals surface area (Å²) in [6, 6.07) is 9.65. The van der Waals surface area contributed by atoms with E-state index in [1.165, 1.54) is 12.1 Å². The van der Waals surface area contributed by atoms with Crippen LogP contribution in [0.3, 0.4) is 0 Å². The van der Waals surface area contributed by atoms with Crippen LogP contribution in [0.1, 0.15) is 28.0 Å². The summed E-state index contributed by atoms with van der Waals surface area (Å²) in [7, 11) is -3.73. The molecule has 0 bridgehead atoms. The van der Waals surface area contributed by atoms with E-state index in [2.05, 4.69) is 9.71 Å². The standard InChI is InChI=1S/C18H22N4O3S/c1-13-9-14(5-7-20-13)11-21-26(24,25)17-4-2-3-15(10-17)18(23)22-8-6-16(19)12-22/h2-5,7,9-10,16,21H,6,8,11-12,19H2,1H3/t16-/m0/s1. The Labute approximate surface area is 153 Å². The molecule has 26 heavy (non-hydrogen) atoms. The molecule has 2 aromatic rings. The van der Waals surface area contributed by atoms with E-state index in [1.54, 1.807) is 29.3 Å².